The number of hydrogen-bond donors (Lipinski definition) is 0. The molecule has 26 heavy (non-hydrogen) atoms. The number of nitrogens with zero attached hydrogens (tertiary/aromatic N) is 4. The van der Waals surface area contributed by atoms with Crippen molar-refractivity contribution < 1.29 is 4.79 Å². The molecule has 0 unspecified atom stereocenters. The number of amides is 1. The first-order valence-corrected chi connectivity index (χ1v) is 9.81. The number of aromatic nitrogens is 1. The van der Waals surface area contributed by atoms with Crippen LogP contribution in [0.2, 0.25) is 0 Å². The van der Waals surface area contributed by atoms with E-state index in [2.05, 4.69) is 50.9 Å². The van der Waals surface area contributed by atoms with E-state index < -0.39 is 0 Å². The Morgan fingerprint density at radius 3 is 2.54 bits per heavy atom. The summed E-state index contributed by atoms with van der Waals surface area (Å²) in [4.78, 5) is 23.8. The summed E-state index contributed by atoms with van der Waals surface area (Å²) in [6, 6.07) is 8.56. The predicted octanol–water partition coefficient (Wildman–Crippen LogP) is 2.68. The number of benzene rings is 1. The van der Waals surface area contributed by atoms with Crippen molar-refractivity contribution in [3.63, 3.8) is 0 Å². The van der Waals surface area contributed by atoms with E-state index in [9.17, 15) is 4.79 Å². The zero-order chi connectivity index (χ0) is 17.9. The van der Waals surface area contributed by atoms with Crippen LogP contribution >= 0.6 is 0 Å². The molecular formula is C21H28N4O. The van der Waals surface area contributed by atoms with E-state index in [-0.39, 0.29) is 0 Å². The fourth-order valence-corrected chi connectivity index (χ4v) is 4.10. The average molecular weight is 352 g/mol. The molecule has 5 nitrogen and oxygen atoms in total. The van der Waals surface area contributed by atoms with Gasteiger partial charge in [0.15, 0.2) is 0 Å². The molecule has 0 aliphatic carbocycles. The third kappa shape index (κ3) is 3.68. The van der Waals surface area contributed by atoms with Crippen molar-refractivity contribution in [2.75, 3.05) is 50.7 Å². The van der Waals surface area contributed by atoms with E-state index in [0.717, 1.165) is 57.6 Å². The van der Waals surface area contributed by atoms with Crippen molar-refractivity contribution >= 4 is 22.5 Å². The van der Waals surface area contributed by atoms with Gasteiger partial charge in [0.25, 0.3) is 0 Å². The number of aryl methyl sites for hydroxylation is 1. The number of rotatable bonds is 3. The Hall–Kier alpha value is -2.14. The van der Waals surface area contributed by atoms with Crippen molar-refractivity contribution in [1.82, 2.24) is 14.8 Å². The third-order valence-electron chi connectivity index (χ3n) is 5.65. The first-order chi connectivity index (χ1) is 12.7. The number of anilines is 1. The Labute approximate surface area is 155 Å². The molecule has 1 aromatic heterocycles. The molecule has 138 valence electrons. The predicted molar refractivity (Wildman–Crippen MR) is 106 cm³/mol. The van der Waals surface area contributed by atoms with Gasteiger partial charge in [-0.2, -0.15) is 0 Å². The number of likely N-dealkylation sites (tertiary alicyclic amines) is 1. The molecule has 2 saturated heterocycles. The summed E-state index contributed by atoms with van der Waals surface area (Å²) in [6.45, 7) is 8.39. The molecule has 1 amide bonds. The number of hydrogen-bond acceptors (Lipinski definition) is 4. The molecule has 2 aliphatic rings. The van der Waals surface area contributed by atoms with Crippen molar-refractivity contribution in [3.05, 3.63) is 36.0 Å². The van der Waals surface area contributed by atoms with Crippen LogP contribution in [0.25, 0.3) is 10.9 Å². The molecule has 2 aromatic rings. The van der Waals surface area contributed by atoms with Gasteiger partial charge in [0, 0.05) is 56.5 Å². The summed E-state index contributed by atoms with van der Waals surface area (Å²) in [6.07, 6.45) is 5.49. The second-order valence-corrected chi connectivity index (χ2v) is 7.56. The number of carbonyl (C=O) groups is 1. The maximum atomic E-state index is 12.5. The maximum absolute atomic E-state index is 12.5. The fraction of sp³-hybridized carbons (Fsp3) is 0.524. The van der Waals surface area contributed by atoms with E-state index in [1.807, 2.05) is 6.20 Å². The van der Waals surface area contributed by atoms with Gasteiger partial charge < -0.3 is 9.80 Å². The molecule has 3 heterocycles. The molecule has 0 saturated carbocycles. The number of piperazine rings is 1. The van der Waals surface area contributed by atoms with Crippen LogP contribution in [0.1, 0.15) is 24.8 Å². The van der Waals surface area contributed by atoms with Gasteiger partial charge in [-0.1, -0.05) is 11.6 Å². The van der Waals surface area contributed by atoms with Crippen LogP contribution < -0.4 is 4.90 Å². The molecule has 1 aromatic carbocycles. The van der Waals surface area contributed by atoms with Gasteiger partial charge in [-0.15, -0.1) is 0 Å². The van der Waals surface area contributed by atoms with E-state index in [4.69, 9.17) is 0 Å². The molecule has 4 rings (SSSR count). The smallest absolute Gasteiger partial charge is 0.236 e. The average Bonchev–Trinajstić information content (AvgIpc) is 2.69. The normalized spacial score (nSPS) is 19.1. The van der Waals surface area contributed by atoms with E-state index >= 15 is 0 Å². The second kappa shape index (κ2) is 7.62. The van der Waals surface area contributed by atoms with Gasteiger partial charge in [0.1, 0.15) is 0 Å². The second-order valence-electron chi connectivity index (χ2n) is 7.56. The molecule has 0 radical (unpaired) electrons. The van der Waals surface area contributed by atoms with Gasteiger partial charge in [-0.05, 0) is 44.4 Å². The van der Waals surface area contributed by atoms with E-state index in [0.29, 0.717) is 12.5 Å². The summed E-state index contributed by atoms with van der Waals surface area (Å²) in [5.41, 5.74) is 3.58. The summed E-state index contributed by atoms with van der Waals surface area (Å²) in [5.74, 6) is 0.308. The van der Waals surface area contributed by atoms with Crippen LogP contribution in [0.3, 0.4) is 0 Å². The molecule has 0 atom stereocenters. The van der Waals surface area contributed by atoms with Crippen molar-refractivity contribution in [2.24, 2.45) is 0 Å². The molecular weight excluding hydrogens is 324 g/mol. The third-order valence-corrected chi connectivity index (χ3v) is 5.65. The van der Waals surface area contributed by atoms with Gasteiger partial charge in [-0.3, -0.25) is 14.7 Å². The Morgan fingerprint density at radius 1 is 1.00 bits per heavy atom. The summed E-state index contributed by atoms with van der Waals surface area (Å²) in [5, 5.41) is 1.23. The van der Waals surface area contributed by atoms with Crippen LogP contribution in [-0.2, 0) is 4.79 Å². The van der Waals surface area contributed by atoms with Gasteiger partial charge in [0.05, 0.1) is 12.1 Å². The number of piperidine rings is 1. The summed E-state index contributed by atoms with van der Waals surface area (Å²) >= 11 is 0. The quantitative estimate of drug-likeness (QED) is 0.851. The summed E-state index contributed by atoms with van der Waals surface area (Å²) < 4.78 is 0. The molecule has 0 spiro atoms. The summed E-state index contributed by atoms with van der Waals surface area (Å²) in [7, 11) is 0. The minimum atomic E-state index is 0.308. The number of pyridine rings is 1. The topological polar surface area (TPSA) is 39.7 Å². The highest BCUT2D eigenvalue weighted by atomic mass is 16.2. The zero-order valence-electron chi connectivity index (χ0n) is 15.7. The van der Waals surface area contributed by atoms with E-state index in [1.54, 1.807) is 0 Å². The fourth-order valence-electron chi connectivity index (χ4n) is 4.10. The highest BCUT2D eigenvalue weighted by Gasteiger charge is 2.23. The first kappa shape index (κ1) is 17.3. The van der Waals surface area contributed by atoms with Gasteiger partial charge in [-0.25, -0.2) is 0 Å². The maximum Gasteiger partial charge on any atom is 0.236 e. The lowest BCUT2D eigenvalue weighted by Gasteiger charge is -2.37. The standard InChI is InChI=1S/C21H28N4O/c1-17-5-6-19-18(15-17)20(7-8-22-19)24-13-11-23(12-14-24)16-21(26)25-9-3-2-4-10-25/h5-8,15H,2-4,9-14,16H2,1H3. The van der Waals surface area contributed by atoms with Crippen LogP contribution in [-0.4, -0.2) is 66.5 Å². The molecule has 2 fully saturated rings. The molecule has 2 aliphatic heterocycles. The Bertz CT molecular complexity index is 777. The van der Waals surface area contributed by atoms with E-state index in [1.165, 1.54) is 23.1 Å². The Balaban J connectivity index is 1.39. The van der Waals surface area contributed by atoms with Crippen molar-refractivity contribution in [2.45, 2.75) is 26.2 Å². The molecule has 5 heteroatoms. The largest absolute Gasteiger partial charge is 0.368 e. The lowest BCUT2D eigenvalue weighted by molar-refractivity contribution is -0.133. The van der Waals surface area contributed by atoms with Crippen LogP contribution in [0.5, 0.6) is 0 Å². The minimum absolute atomic E-state index is 0.308. The highest BCUT2D eigenvalue weighted by Crippen LogP contribution is 2.27. The van der Waals surface area contributed by atoms with Crippen molar-refractivity contribution in [1.29, 1.82) is 0 Å². The molecule has 0 bridgehead atoms. The van der Waals surface area contributed by atoms with Crippen LogP contribution in [0.15, 0.2) is 30.5 Å². The zero-order valence-corrected chi connectivity index (χ0v) is 15.7. The van der Waals surface area contributed by atoms with Gasteiger partial charge in [0.2, 0.25) is 5.91 Å². The Kier molecular flexibility index (Phi) is 5.07. The van der Waals surface area contributed by atoms with Gasteiger partial charge >= 0.3 is 0 Å². The lowest BCUT2D eigenvalue weighted by Crippen LogP contribution is -2.50. The first-order valence-electron chi connectivity index (χ1n) is 9.81. The lowest BCUT2D eigenvalue weighted by atomic mass is 10.1. The number of carbonyl (C=O) groups excluding carboxylic acids is 1. The Morgan fingerprint density at radius 2 is 1.77 bits per heavy atom. The van der Waals surface area contributed by atoms with Crippen LogP contribution in [0, 0.1) is 6.92 Å². The highest BCUT2D eigenvalue weighted by molar-refractivity contribution is 5.92. The molecule has 0 N–H and O–H groups in total. The van der Waals surface area contributed by atoms with Crippen molar-refractivity contribution in [3.8, 4) is 0 Å². The monoisotopic (exact) mass is 352 g/mol. The van der Waals surface area contributed by atoms with Crippen LogP contribution in [0.4, 0.5) is 5.69 Å². The minimum Gasteiger partial charge on any atom is -0.368 e. The SMILES string of the molecule is Cc1ccc2nccc(N3CCN(CC(=O)N4CCCCC4)CC3)c2c1. The number of fused-ring (bicyclic) bond motifs is 1.